The van der Waals surface area contributed by atoms with Crippen LogP contribution in [0.1, 0.15) is 58.0 Å². The van der Waals surface area contributed by atoms with Crippen LogP contribution in [0.3, 0.4) is 0 Å². The molecule has 4 rings (SSSR count). The van der Waals surface area contributed by atoms with Crippen molar-refractivity contribution < 1.29 is 19.1 Å². The maximum atomic E-state index is 13.8. The first kappa shape index (κ1) is 24.0. The number of aryl methyl sites for hydroxylation is 2. The number of nitrogens with zero attached hydrogens (tertiary/aromatic N) is 2. The van der Waals surface area contributed by atoms with E-state index in [2.05, 4.69) is 5.32 Å². The highest BCUT2D eigenvalue weighted by Gasteiger charge is 2.54. The molecule has 0 bridgehead atoms. The van der Waals surface area contributed by atoms with Gasteiger partial charge < -0.3 is 15.0 Å². The van der Waals surface area contributed by atoms with E-state index in [1.54, 1.807) is 15.9 Å². The van der Waals surface area contributed by atoms with Crippen molar-refractivity contribution in [3.05, 3.63) is 70.8 Å². The summed E-state index contributed by atoms with van der Waals surface area (Å²) in [5.74, 6) is -0.425. The third-order valence-corrected chi connectivity index (χ3v) is 6.84. The molecule has 1 unspecified atom stereocenters. The van der Waals surface area contributed by atoms with Crippen molar-refractivity contribution in [1.82, 2.24) is 15.1 Å². The Morgan fingerprint density at radius 1 is 1.00 bits per heavy atom. The van der Waals surface area contributed by atoms with Gasteiger partial charge in [-0.05, 0) is 44.0 Å². The summed E-state index contributed by atoms with van der Waals surface area (Å²) < 4.78 is 6.25. The average Bonchev–Trinajstić information content (AvgIpc) is 3.21. The molecule has 2 aromatic rings. The third-order valence-electron chi connectivity index (χ3n) is 6.84. The van der Waals surface area contributed by atoms with Gasteiger partial charge in [-0.15, -0.1) is 0 Å². The number of nitrogens with one attached hydrogen (secondary N) is 1. The lowest BCUT2D eigenvalue weighted by molar-refractivity contribution is -0.128. The van der Waals surface area contributed by atoms with E-state index in [0.717, 1.165) is 17.5 Å². The number of hydrogen-bond donors (Lipinski definition) is 1. The molecule has 1 spiro atoms. The van der Waals surface area contributed by atoms with Crippen LogP contribution in [0.2, 0.25) is 0 Å². The molecule has 1 N–H and O–H groups in total. The van der Waals surface area contributed by atoms with Crippen LogP contribution in [-0.2, 0) is 9.53 Å². The molecule has 0 radical (unpaired) electrons. The van der Waals surface area contributed by atoms with Gasteiger partial charge in [-0.3, -0.25) is 19.3 Å². The van der Waals surface area contributed by atoms with Crippen LogP contribution in [0.15, 0.2) is 48.5 Å². The number of benzene rings is 2. The van der Waals surface area contributed by atoms with Crippen LogP contribution >= 0.6 is 0 Å². The predicted octanol–water partition coefficient (Wildman–Crippen LogP) is 3.30. The van der Waals surface area contributed by atoms with E-state index in [-0.39, 0.29) is 24.3 Å². The summed E-state index contributed by atoms with van der Waals surface area (Å²) in [6, 6.07) is 14.3. The number of carbonyl (C=O) groups excluding carboxylic acids is 3. The van der Waals surface area contributed by atoms with Gasteiger partial charge in [0.25, 0.3) is 11.8 Å². The fourth-order valence-corrected chi connectivity index (χ4v) is 4.81. The van der Waals surface area contributed by atoms with Crippen LogP contribution in [0.5, 0.6) is 0 Å². The maximum Gasteiger partial charge on any atom is 0.257 e. The van der Waals surface area contributed by atoms with Crippen molar-refractivity contribution in [2.75, 3.05) is 26.2 Å². The van der Waals surface area contributed by atoms with Gasteiger partial charge in [-0.2, -0.15) is 0 Å². The van der Waals surface area contributed by atoms with Crippen LogP contribution < -0.4 is 5.32 Å². The Bertz CT molecular complexity index is 1060. The lowest BCUT2D eigenvalue weighted by Gasteiger charge is -2.44. The Balaban J connectivity index is 1.57. The van der Waals surface area contributed by atoms with Gasteiger partial charge in [0.2, 0.25) is 5.91 Å². The standard InChI is InChI=1S/C27H33N3O4/c1-4-15-28-24(31)23-18-34-27(30(23)26(33)22-8-6-5-7-20(22)3)13-16-29(17-14-27)25(32)21-11-9-19(2)10-12-21/h5-12,23H,4,13-18H2,1-3H3,(H,28,31). The van der Waals surface area contributed by atoms with Crippen molar-refractivity contribution in [2.45, 2.75) is 51.8 Å². The number of amides is 3. The molecule has 180 valence electrons. The zero-order chi connectivity index (χ0) is 24.3. The second kappa shape index (κ2) is 9.97. The van der Waals surface area contributed by atoms with Crippen molar-refractivity contribution in [1.29, 1.82) is 0 Å². The smallest absolute Gasteiger partial charge is 0.257 e. The molecule has 2 saturated heterocycles. The van der Waals surface area contributed by atoms with E-state index in [1.165, 1.54) is 0 Å². The lowest BCUT2D eigenvalue weighted by atomic mass is 9.95. The summed E-state index contributed by atoms with van der Waals surface area (Å²) >= 11 is 0. The minimum atomic E-state index is -0.905. The molecule has 3 amide bonds. The summed E-state index contributed by atoms with van der Waals surface area (Å²) in [5.41, 5.74) is 2.27. The molecule has 0 aliphatic carbocycles. The van der Waals surface area contributed by atoms with Gasteiger partial charge in [-0.1, -0.05) is 42.8 Å². The van der Waals surface area contributed by atoms with Gasteiger partial charge >= 0.3 is 0 Å². The van der Waals surface area contributed by atoms with Crippen LogP contribution in [0, 0.1) is 13.8 Å². The second-order valence-electron chi connectivity index (χ2n) is 9.21. The maximum absolute atomic E-state index is 13.8. The molecule has 1 atom stereocenters. The molecule has 0 aromatic heterocycles. The van der Waals surface area contributed by atoms with Gasteiger partial charge in [-0.25, -0.2) is 0 Å². The minimum absolute atomic E-state index is 0.0260. The molecule has 7 nitrogen and oxygen atoms in total. The predicted molar refractivity (Wildman–Crippen MR) is 129 cm³/mol. The highest BCUT2D eigenvalue weighted by molar-refractivity contribution is 5.99. The highest BCUT2D eigenvalue weighted by Crippen LogP contribution is 2.39. The van der Waals surface area contributed by atoms with Gasteiger partial charge in [0.05, 0.1) is 6.61 Å². The first-order valence-electron chi connectivity index (χ1n) is 12.0. The molecular formula is C27H33N3O4. The Morgan fingerprint density at radius 3 is 2.32 bits per heavy atom. The average molecular weight is 464 g/mol. The van der Waals surface area contributed by atoms with E-state index in [9.17, 15) is 14.4 Å². The normalized spacial score (nSPS) is 19.3. The van der Waals surface area contributed by atoms with E-state index < -0.39 is 11.8 Å². The Morgan fingerprint density at radius 2 is 1.68 bits per heavy atom. The van der Waals surface area contributed by atoms with Crippen molar-refractivity contribution in [3.8, 4) is 0 Å². The number of piperidine rings is 1. The number of likely N-dealkylation sites (tertiary alicyclic amines) is 1. The third kappa shape index (κ3) is 4.57. The van der Waals surface area contributed by atoms with Crippen molar-refractivity contribution >= 4 is 17.7 Å². The van der Waals surface area contributed by atoms with Gasteiger partial charge in [0, 0.05) is 43.6 Å². The molecule has 2 fully saturated rings. The van der Waals surface area contributed by atoms with E-state index in [1.807, 2.05) is 63.2 Å². The molecule has 0 saturated carbocycles. The van der Waals surface area contributed by atoms with E-state index in [0.29, 0.717) is 43.6 Å². The highest BCUT2D eigenvalue weighted by atomic mass is 16.5. The van der Waals surface area contributed by atoms with Crippen molar-refractivity contribution in [3.63, 3.8) is 0 Å². The Kier molecular flexibility index (Phi) is 7.03. The Hall–Kier alpha value is -3.19. The largest absolute Gasteiger partial charge is 0.354 e. The van der Waals surface area contributed by atoms with Crippen molar-refractivity contribution in [2.24, 2.45) is 0 Å². The number of hydrogen-bond acceptors (Lipinski definition) is 4. The molecular weight excluding hydrogens is 430 g/mol. The molecule has 34 heavy (non-hydrogen) atoms. The first-order chi connectivity index (χ1) is 16.4. The number of rotatable bonds is 5. The molecule has 2 aliphatic rings. The molecule has 2 aliphatic heterocycles. The number of carbonyl (C=O) groups is 3. The number of ether oxygens (including phenoxy) is 1. The first-order valence-corrected chi connectivity index (χ1v) is 12.0. The van der Waals surface area contributed by atoms with Crippen LogP contribution in [-0.4, -0.2) is 65.5 Å². The minimum Gasteiger partial charge on any atom is -0.354 e. The summed E-state index contributed by atoms with van der Waals surface area (Å²) in [4.78, 5) is 43.3. The second-order valence-corrected chi connectivity index (χ2v) is 9.21. The van der Waals surface area contributed by atoms with Gasteiger partial charge in [0.1, 0.15) is 11.8 Å². The zero-order valence-corrected chi connectivity index (χ0v) is 20.2. The summed E-state index contributed by atoms with van der Waals surface area (Å²) in [6.07, 6.45) is 1.73. The fraction of sp³-hybridized carbons (Fsp3) is 0.444. The monoisotopic (exact) mass is 463 g/mol. The fourth-order valence-electron chi connectivity index (χ4n) is 4.81. The Labute approximate surface area is 201 Å². The van der Waals surface area contributed by atoms with E-state index >= 15 is 0 Å². The topological polar surface area (TPSA) is 79.0 Å². The van der Waals surface area contributed by atoms with E-state index in [4.69, 9.17) is 4.74 Å². The van der Waals surface area contributed by atoms with Gasteiger partial charge in [0.15, 0.2) is 0 Å². The lowest BCUT2D eigenvalue weighted by Crippen LogP contribution is -2.60. The summed E-state index contributed by atoms with van der Waals surface area (Å²) in [5, 5.41) is 2.92. The molecule has 7 heteroatoms. The zero-order valence-electron chi connectivity index (χ0n) is 20.2. The van der Waals surface area contributed by atoms with Crippen LogP contribution in [0.25, 0.3) is 0 Å². The quantitative estimate of drug-likeness (QED) is 0.738. The summed E-state index contributed by atoms with van der Waals surface area (Å²) in [6.45, 7) is 7.48. The SMILES string of the molecule is CCCNC(=O)C1COC2(CCN(C(=O)c3ccc(C)cc3)CC2)N1C(=O)c1ccccc1C. The molecule has 2 aromatic carbocycles. The van der Waals surface area contributed by atoms with Crippen LogP contribution in [0.4, 0.5) is 0 Å². The summed E-state index contributed by atoms with van der Waals surface area (Å²) in [7, 11) is 0. The molecule has 2 heterocycles.